The van der Waals surface area contributed by atoms with E-state index in [9.17, 15) is 17.6 Å². The van der Waals surface area contributed by atoms with E-state index in [2.05, 4.69) is 15.7 Å². The molecule has 0 saturated heterocycles. The van der Waals surface area contributed by atoms with Gasteiger partial charge in [-0.05, 0) is 12.8 Å². The number of anilines is 1. The average molecular weight is 290 g/mol. The van der Waals surface area contributed by atoms with E-state index in [1.807, 2.05) is 0 Å². The molecule has 0 amide bonds. The minimum absolute atomic E-state index is 0.0296. The van der Waals surface area contributed by atoms with Crippen LogP contribution >= 0.6 is 0 Å². The van der Waals surface area contributed by atoms with Gasteiger partial charge in [0.05, 0.1) is 6.04 Å². The lowest BCUT2D eigenvalue weighted by molar-refractivity contribution is 0.459. The van der Waals surface area contributed by atoms with Gasteiger partial charge >= 0.3 is 0 Å². The minimum Gasteiger partial charge on any atom is -0.320 e. The average Bonchev–Trinajstić information content (AvgIpc) is 2.93. The third-order valence-electron chi connectivity index (χ3n) is 3.13. The van der Waals surface area contributed by atoms with Crippen LogP contribution in [0.25, 0.3) is 0 Å². The van der Waals surface area contributed by atoms with Crippen LogP contribution in [-0.2, 0) is 0 Å². The zero-order chi connectivity index (χ0) is 14.7. The first-order chi connectivity index (χ1) is 9.52. The molecule has 1 aliphatic carbocycles. The molecule has 0 atom stereocenters. The van der Waals surface area contributed by atoms with Crippen LogP contribution in [0.15, 0.2) is 11.1 Å². The molecule has 0 heterocycles. The topological polar surface area (TPSA) is 62.4 Å². The van der Waals surface area contributed by atoms with Gasteiger partial charge in [0.2, 0.25) is 5.96 Å². The maximum Gasteiger partial charge on any atom is 0.210 e. The Hall–Kier alpha value is -1.83. The second-order valence-electron chi connectivity index (χ2n) is 4.53. The monoisotopic (exact) mass is 290 g/mol. The van der Waals surface area contributed by atoms with E-state index in [1.165, 1.54) is 0 Å². The molecule has 20 heavy (non-hydrogen) atoms. The van der Waals surface area contributed by atoms with Crippen molar-refractivity contribution in [1.29, 1.82) is 0 Å². The van der Waals surface area contributed by atoms with Crippen molar-refractivity contribution in [1.82, 2.24) is 5.43 Å². The highest BCUT2D eigenvalue weighted by Crippen LogP contribution is 2.25. The molecule has 1 aromatic rings. The largest absolute Gasteiger partial charge is 0.320 e. The molecule has 1 fully saturated rings. The van der Waals surface area contributed by atoms with Crippen LogP contribution in [-0.4, -0.2) is 12.0 Å². The van der Waals surface area contributed by atoms with Crippen LogP contribution in [0.3, 0.4) is 0 Å². The number of nitrogens with zero attached hydrogens (tertiary/aromatic N) is 1. The molecule has 1 aromatic carbocycles. The van der Waals surface area contributed by atoms with Gasteiger partial charge in [0.15, 0.2) is 23.3 Å². The minimum atomic E-state index is -1.53. The van der Waals surface area contributed by atoms with Gasteiger partial charge in [0.25, 0.3) is 0 Å². The van der Waals surface area contributed by atoms with E-state index >= 15 is 0 Å². The van der Waals surface area contributed by atoms with Gasteiger partial charge in [0, 0.05) is 6.07 Å². The molecule has 1 aliphatic rings. The fourth-order valence-electron chi connectivity index (χ4n) is 2.12. The van der Waals surface area contributed by atoms with E-state index in [4.69, 9.17) is 5.84 Å². The lowest BCUT2D eigenvalue weighted by atomic mass is 10.2. The fraction of sp³-hybridized carbons (Fsp3) is 0.417. The molecular formula is C12H14F4N4. The maximum absolute atomic E-state index is 13.5. The number of nitrogens with one attached hydrogen (secondary N) is 2. The summed E-state index contributed by atoms with van der Waals surface area (Å²) in [4.78, 5) is 4.12. The number of halogens is 4. The number of nitrogens with two attached hydrogens (primary N) is 1. The van der Waals surface area contributed by atoms with Crippen molar-refractivity contribution in [3.63, 3.8) is 0 Å². The lowest BCUT2D eigenvalue weighted by Crippen LogP contribution is -2.37. The van der Waals surface area contributed by atoms with Crippen LogP contribution in [0.4, 0.5) is 23.2 Å². The number of benzene rings is 1. The van der Waals surface area contributed by atoms with Crippen molar-refractivity contribution in [3.8, 4) is 0 Å². The molecule has 4 nitrogen and oxygen atoms in total. The predicted molar refractivity (Wildman–Crippen MR) is 66.9 cm³/mol. The Bertz CT molecular complexity index is 500. The highest BCUT2D eigenvalue weighted by atomic mass is 19.2. The van der Waals surface area contributed by atoms with Gasteiger partial charge in [-0.1, -0.05) is 12.8 Å². The van der Waals surface area contributed by atoms with Crippen molar-refractivity contribution < 1.29 is 17.6 Å². The third kappa shape index (κ3) is 3.01. The Labute approximate surface area is 113 Å². The molecular weight excluding hydrogens is 276 g/mol. The smallest absolute Gasteiger partial charge is 0.210 e. The summed E-state index contributed by atoms with van der Waals surface area (Å²) >= 11 is 0. The normalized spacial score (nSPS) is 16.6. The Kier molecular flexibility index (Phi) is 4.43. The van der Waals surface area contributed by atoms with Crippen LogP contribution in [0.2, 0.25) is 0 Å². The lowest BCUT2D eigenvalue weighted by Gasteiger charge is -2.13. The van der Waals surface area contributed by atoms with E-state index in [0.717, 1.165) is 25.7 Å². The highest BCUT2D eigenvalue weighted by molar-refractivity contribution is 5.93. The molecule has 4 N–H and O–H groups in total. The summed E-state index contributed by atoms with van der Waals surface area (Å²) in [5, 5.41) is 2.16. The molecule has 0 radical (unpaired) electrons. The number of hydrogen-bond donors (Lipinski definition) is 3. The molecule has 2 rings (SSSR count). The van der Waals surface area contributed by atoms with Crippen molar-refractivity contribution >= 4 is 11.6 Å². The SMILES string of the molecule is NNC(=NC1CCCC1)Nc1c(F)c(F)cc(F)c1F. The summed E-state index contributed by atoms with van der Waals surface area (Å²) in [5.41, 5.74) is 1.17. The molecule has 1 saturated carbocycles. The highest BCUT2D eigenvalue weighted by Gasteiger charge is 2.21. The number of rotatable bonds is 2. The van der Waals surface area contributed by atoms with E-state index < -0.39 is 29.0 Å². The first kappa shape index (κ1) is 14.6. The number of hydrazine groups is 1. The summed E-state index contributed by atoms with van der Waals surface area (Å²) in [7, 11) is 0. The summed E-state index contributed by atoms with van der Waals surface area (Å²) in [6, 6.07) is 0.109. The van der Waals surface area contributed by atoms with E-state index in [-0.39, 0.29) is 18.1 Å². The number of hydrogen-bond acceptors (Lipinski definition) is 2. The first-order valence-corrected chi connectivity index (χ1v) is 6.17. The zero-order valence-corrected chi connectivity index (χ0v) is 10.5. The van der Waals surface area contributed by atoms with Crippen molar-refractivity contribution in [2.45, 2.75) is 31.7 Å². The van der Waals surface area contributed by atoms with Gasteiger partial charge in [-0.2, -0.15) is 0 Å². The van der Waals surface area contributed by atoms with Crippen molar-refractivity contribution in [2.75, 3.05) is 5.32 Å². The van der Waals surface area contributed by atoms with Crippen molar-refractivity contribution in [3.05, 3.63) is 29.3 Å². The van der Waals surface area contributed by atoms with Crippen LogP contribution in [0.5, 0.6) is 0 Å². The fourth-order valence-corrected chi connectivity index (χ4v) is 2.12. The molecule has 0 unspecified atom stereocenters. The summed E-state index contributed by atoms with van der Waals surface area (Å²) < 4.78 is 53.1. The van der Waals surface area contributed by atoms with Gasteiger partial charge in [-0.15, -0.1) is 0 Å². The summed E-state index contributed by atoms with van der Waals surface area (Å²) in [6.45, 7) is 0. The molecule has 0 spiro atoms. The maximum atomic E-state index is 13.5. The van der Waals surface area contributed by atoms with Crippen molar-refractivity contribution in [2.24, 2.45) is 10.8 Å². The van der Waals surface area contributed by atoms with E-state index in [1.54, 1.807) is 0 Å². The van der Waals surface area contributed by atoms with E-state index in [0.29, 0.717) is 0 Å². The number of guanidine groups is 1. The molecule has 0 bridgehead atoms. The third-order valence-corrected chi connectivity index (χ3v) is 3.13. The van der Waals surface area contributed by atoms with Gasteiger partial charge in [-0.25, -0.2) is 28.4 Å². The molecule has 0 aromatic heterocycles. The second kappa shape index (κ2) is 6.08. The zero-order valence-electron chi connectivity index (χ0n) is 10.5. The number of aliphatic imine (C=N–C) groups is 1. The summed E-state index contributed by atoms with van der Waals surface area (Å²) in [5.74, 6) is -0.992. The van der Waals surface area contributed by atoms with Gasteiger partial charge < -0.3 is 5.32 Å². The Morgan fingerprint density at radius 1 is 1.10 bits per heavy atom. The van der Waals surface area contributed by atoms with Crippen LogP contribution in [0, 0.1) is 23.3 Å². The molecule has 0 aliphatic heterocycles. The van der Waals surface area contributed by atoms with Crippen LogP contribution < -0.4 is 16.6 Å². The molecule has 8 heteroatoms. The van der Waals surface area contributed by atoms with Crippen LogP contribution in [0.1, 0.15) is 25.7 Å². The quantitative estimate of drug-likeness (QED) is 0.196. The van der Waals surface area contributed by atoms with Gasteiger partial charge in [-0.3, -0.25) is 5.43 Å². The predicted octanol–water partition coefficient (Wildman–Crippen LogP) is 2.42. The summed E-state index contributed by atoms with van der Waals surface area (Å²) in [6.07, 6.45) is 3.66. The Morgan fingerprint density at radius 2 is 1.65 bits per heavy atom. The second-order valence-corrected chi connectivity index (χ2v) is 4.53. The van der Waals surface area contributed by atoms with Gasteiger partial charge in [0.1, 0.15) is 5.69 Å². The first-order valence-electron chi connectivity index (χ1n) is 6.17. The Balaban J connectivity index is 2.27. The standard InChI is InChI=1S/C12H14F4N4/c13-7-5-8(14)10(16)11(9(7)15)19-12(20-17)18-6-3-1-2-4-6/h5-6H,1-4,17H2,(H2,18,19,20). The Morgan fingerprint density at radius 3 is 2.15 bits per heavy atom. The molecule has 110 valence electrons.